The molecule has 0 spiro atoms. The SMILES string of the molecule is CCOc1ccc(NC(=O)C2CSCN2C(C)=O)cc1S(=O)(=O)N1CCCC1. The standard InChI is InChI=1S/C18H25N3O5S2/c1-3-26-16-7-6-14(10-17(16)28(24,25)20-8-4-5-9-20)19-18(23)15-11-27-12-21(15)13(2)22/h6-7,10,15H,3-5,8-9,11-12H2,1-2H3,(H,19,23). The van der Waals surface area contributed by atoms with E-state index in [1.807, 2.05) is 0 Å². The lowest BCUT2D eigenvalue weighted by atomic mass is 10.2. The third kappa shape index (κ3) is 4.28. The highest BCUT2D eigenvalue weighted by Gasteiger charge is 2.34. The fraction of sp³-hybridized carbons (Fsp3) is 0.556. The van der Waals surface area contributed by atoms with E-state index in [1.54, 1.807) is 19.1 Å². The van der Waals surface area contributed by atoms with Crippen LogP contribution in [0.1, 0.15) is 26.7 Å². The van der Waals surface area contributed by atoms with Crippen LogP contribution in [0.4, 0.5) is 5.69 Å². The monoisotopic (exact) mass is 427 g/mol. The summed E-state index contributed by atoms with van der Waals surface area (Å²) in [6.07, 6.45) is 1.67. The van der Waals surface area contributed by atoms with E-state index in [0.29, 0.717) is 37.0 Å². The van der Waals surface area contributed by atoms with Crippen LogP contribution in [0.2, 0.25) is 0 Å². The van der Waals surface area contributed by atoms with Crippen LogP contribution < -0.4 is 10.1 Å². The molecule has 0 aromatic heterocycles. The largest absolute Gasteiger partial charge is 0.492 e. The van der Waals surface area contributed by atoms with Gasteiger partial charge in [-0.05, 0) is 38.0 Å². The molecule has 0 saturated carbocycles. The normalized spacial score (nSPS) is 20.4. The van der Waals surface area contributed by atoms with E-state index < -0.39 is 16.1 Å². The molecule has 8 nitrogen and oxygen atoms in total. The molecule has 1 atom stereocenters. The van der Waals surface area contributed by atoms with E-state index >= 15 is 0 Å². The predicted molar refractivity (Wildman–Crippen MR) is 108 cm³/mol. The summed E-state index contributed by atoms with van der Waals surface area (Å²) in [5, 5.41) is 2.76. The van der Waals surface area contributed by atoms with Crippen molar-refractivity contribution in [1.29, 1.82) is 0 Å². The van der Waals surface area contributed by atoms with Crippen molar-refractivity contribution in [2.45, 2.75) is 37.6 Å². The van der Waals surface area contributed by atoms with Crippen molar-refractivity contribution < 1.29 is 22.7 Å². The molecule has 154 valence electrons. The lowest BCUT2D eigenvalue weighted by Gasteiger charge is -2.22. The highest BCUT2D eigenvalue weighted by molar-refractivity contribution is 7.99. The Morgan fingerprint density at radius 3 is 2.64 bits per heavy atom. The first kappa shape index (κ1) is 20.9. The Morgan fingerprint density at radius 1 is 1.29 bits per heavy atom. The molecule has 2 fully saturated rings. The van der Waals surface area contributed by atoms with E-state index in [1.165, 1.54) is 34.0 Å². The molecule has 2 aliphatic heterocycles. The number of thioether (sulfide) groups is 1. The van der Waals surface area contributed by atoms with Crippen molar-refractivity contribution in [1.82, 2.24) is 9.21 Å². The summed E-state index contributed by atoms with van der Waals surface area (Å²) in [6.45, 7) is 4.52. The van der Waals surface area contributed by atoms with Crippen LogP contribution >= 0.6 is 11.8 Å². The van der Waals surface area contributed by atoms with E-state index in [9.17, 15) is 18.0 Å². The fourth-order valence-corrected chi connectivity index (χ4v) is 6.22. The van der Waals surface area contributed by atoms with Crippen LogP contribution in [0.15, 0.2) is 23.1 Å². The van der Waals surface area contributed by atoms with Crippen LogP contribution in [-0.4, -0.2) is 66.8 Å². The number of benzene rings is 1. The Labute approximate surface area is 169 Å². The molecule has 0 bridgehead atoms. The third-order valence-corrected chi connectivity index (χ3v) is 7.72. The van der Waals surface area contributed by atoms with Gasteiger partial charge in [-0.2, -0.15) is 4.31 Å². The van der Waals surface area contributed by atoms with Crippen LogP contribution in [-0.2, 0) is 19.6 Å². The second kappa shape index (κ2) is 8.71. The zero-order valence-corrected chi connectivity index (χ0v) is 17.6. The first-order valence-corrected chi connectivity index (χ1v) is 11.9. The van der Waals surface area contributed by atoms with Crippen LogP contribution in [0.5, 0.6) is 5.75 Å². The molecule has 2 amide bonds. The molecule has 3 rings (SSSR count). The minimum atomic E-state index is -3.70. The molecule has 10 heteroatoms. The summed E-state index contributed by atoms with van der Waals surface area (Å²) in [7, 11) is -3.70. The zero-order chi connectivity index (χ0) is 20.3. The number of rotatable bonds is 6. The molecule has 0 radical (unpaired) electrons. The highest BCUT2D eigenvalue weighted by atomic mass is 32.2. The van der Waals surface area contributed by atoms with Gasteiger partial charge in [-0.3, -0.25) is 9.59 Å². The minimum absolute atomic E-state index is 0.0540. The Hall–Kier alpha value is -1.78. The van der Waals surface area contributed by atoms with E-state index in [0.717, 1.165) is 12.8 Å². The molecule has 2 heterocycles. The number of nitrogens with zero attached hydrogens (tertiary/aromatic N) is 2. The molecular weight excluding hydrogens is 402 g/mol. The Morgan fingerprint density at radius 2 is 2.00 bits per heavy atom. The Kier molecular flexibility index (Phi) is 6.51. The van der Waals surface area contributed by atoms with Crippen molar-refractivity contribution >= 4 is 39.3 Å². The topological polar surface area (TPSA) is 96.0 Å². The molecule has 0 aliphatic carbocycles. The maximum absolute atomic E-state index is 13.0. The molecule has 1 N–H and O–H groups in total. The van der Waals surface area contributed by atoms with Crippen LogP contribution in [0, 0.1) is 0 Å². The number of nitrogens with one attached hydrogen (secondary N) is 1. The number of carbonyl (C=O) groups is 2. The van der Waals surface area contributed by atoms with Crippen molar-refractivity contribution in [3.8, 4) is 5.75 Å². The van der Waals surface area contributed by atoms with Crippen LogP contribution in [0.3, 0.4) is 0 Å². The van der Waals surface area contributed by atoms with Crippen molar-refractivity contribution in [2.24, 2.45) is 0 Å². The molecule has 1 aromatic carbocycles. The number of hydrogen-bond acceptors (Lipinski definition) is 6. The average molecular weight is 428 g/mol. The second-order valence-electron chi connectivity index (χ2n) is 6.70. The summed E-state index contributed by atoms with van der Waals surface area (Å²) < 4.78 is 33.0. The van der Waals surface area contributed by atoms with Gasteiger partial charge in [0, 0.05) is 31.5 Å². The lowest BCUT2D eigenvalue weighted by molar-refractivity contribution is -0.134. The predicted octanol–water partition coefficient (Wildman–Crippen LogP) is 1.73. The van der Waals surface area contributed by atoms with Gasteiger partial charge < -0.3 is 15.0 Å². The molecule has 2 aliphatic rings. The quantitative estimate of drug-likeness (QED) is 0.743. The molecule has 1 unspecified atom stereocenters. The molecule has 1 aromatic rings. The third-order valence-electron chi connectivity index (χ3n) is 4.78. The second-order valence-corrected chi connectivity index (χ2v) is 9.61. The number of ether oxygens (including phenoxy) is 1. The number of amides is 2. The van der Waals surface area contributed by atoms with Gasteiger partial charge in [0.1, 0.15) is 16.7 Å². The van der Waals surface area contributed by atoms with Crippen molar-refractivity contribution in [3.63, 3.8) is 0 Å². The van der Waals surface area contributed by atoms with Gasteiger partial charge in [-0.1, -0.05) is 0 Å². The van der Waals surface area contributed by atoms with Gasteiger partial charge >= 0.3 is 0 Å². The van der Waals surface area contributed by atoms with Gasteiger partial charge in [-0.15, -0.1) is 11.8 Å². The maximum Gasteiger partial charge on any atom is 0.248 e. The van der Waals surface area contributed by atoms with Gasteiger partial charge in [0.25, 0.3) is 0 Å². The van der Waals surface area contributed by atoms with Gasteiger partial charge in [0.2, 0.25) is 21.8 Å². The first-order valence-electron chi connectivity index (χ1n) is 9.27. The first-order chi connectivity index (χ1) is 13.3. The highest BCUT2D eigenvalue weighted by Crippen LogP contribution is 2.32. The van der Waals surface area contributed by atoms with E-state index in [2.05, 4.69) is 5.32 Å². The summed E-state index contributed by atoms with van der Waals surface area (Å²) in [6, 6.07) is 4.06. The number of sulfonamides is 1. The molecular formula is C18H25N3O5S2. The zero-order valence-electron chi connectivity index (χ0n) is 16.0. The van der Waals surface area contributed by atoms with Crippen molar-refractivity contribution in [3.05, 3.63) is 18.2 Å². The summed E-state index contributed by atoms with van der Waals surface area (Å²) >= 11 is 1.51. The Bertz CT molecular complexity index is 853. The number of hydrogen-bond donors (Lipinski definition) is 1. The van der Waals surface area contributed by atoms with Gasteiger partial charge in [0.15, 0.2) is 0 Å². The minimum Gasteiger partial charge on any atom is -0.492 e. The number of anilines is 1. The smallest absolute Gasteiger partial charge is 0.248 e. The lowest BCUT2D eigenvalue weighted by Crippen LogP contribution is -2.43. The molecule has 2 saturated heterocycles. The maximum atomic E-state index is 13.0. The Balaban J connectivity index is 1.86. The summed E-state index contributed by atoms with van der Waals surface area (Å²) in [5.41, 5.74) is 0.367. The summed E-state index contributed by atoms with van der Waals surface area (Å²) in [5.74, 6) is 0.782. The van der Waals surface area contributed by atoms with E-state index in [-0.39, 0.29) is 22.5 Å². The van der Waals surface area contributed by atoms with Crippen molar-refractivity contribution in [2.75, 3.05) is 36.6 Å². The fourth-order valence-electron chi connectivity index (χ4n) is 3.33. The number of carbonyl (C=O) groups excluding carboxylic acids is 2. The van der Waals surface area contributed by atoms with Gasteiger partial charge in [-0.25, -0.2) is 8.42 Å². The average Bonchev–Trinajstić information content (AvgIpc) is 3.35. The molecule has 28 heavy (non-hydrogen) atoms. The van der Waals surface area contributed by atoms with Crippen LogP contribution in [0.25, 0.3) is 0 Å². The van der Waals surface area contributed by atoms with Gasteiger partial charge in [0.05, 0.1) is 12.5 Å². The summed E-state index contributed by atoms with van der Waals surface area (Å²) in [4.78, 5) is 25.9. The van der Waals surface area contributed by atoms with E-state index in [4.69, 9.17) is 4.74 Å².